The highest BCUT2D eigenvalue weighted by molar-refractivity contribution is 5.49. The minimum absolute atomic E-state index is 0.331. The summed E-state index contributed by atoms with van der Waals surface area (Å²) in [7, 11) is 0. The van der Waals surface area contributed by atoms with Crippen LogP contribution in [0.2, 0.25) is 0 Å². The van der Waals surface area contributed by atoms with E-state index in [2.05, 4.69) is 91.9 Å². The first kappa shape index (κ1) is 23.6. The smallest absolute Gasteiger partial charge is 0.115 e. The largest absolute Gasteiger partial charge is 0.508 e. The number of rotatable bonds is 12. The number of phenols is 1. The van der Waals surface area contributed by atoms with E-state index in [1.165, 1.54) is 48.8 Å². The molecule has 3 aromatic carbocycles. The first-order valence-electron chi connectivity index (χ1n) is 12.0. The second kappa shape index (κ2) is 13.4. The molecule has 0 saturated heterocycles. The molecule has 0 amide bonds. The molecule has 0 saturated carbocycles. The average molecular weight is 425 g/mol. The SMILES string of the molecule is CCCC(C=Cc1ccccc1)CCCC(C=Cc1ccccc1)Cc1ccc(O)cc1. The molecule has 2 atom stereocenters. The maximum atomic E-state index is 9.61. The molecule has 0 radical (unpaired) electrons. The number of hydrogen-bond donors (Lipinski definition) is 1. The monoisotopic (exact) mass is 424 g/mol. The van der Waals surface area contributed by atoms with Crippen LogP contribution < -0.4 is 0 Å². The van der Waals surface area contributed by atoms with Crippen LogP contribution in [-0.4, -0.2) is 5.11 Å². The van der Waals surface area contributed by atoms with E-state index in [9.17, 15) is 5.11 Å². The van der Waals surface area contributed by atoms with Crippen molar-refractivity contribution in [1.82, 2.24) is 0 Å². The molecule has 0 spiro atoms. The summed E-state index contributed by atoms with van der Waals surface area (Å²) < 4.78 is 0. The molecule has 0 fully saturated rings. The lowest BCUT2D eigenvalue weighted by Gasteiger charge is -2.16. The summed E-state index contributed by atoms with van der Waals surface area (Å²) in [6.45, 7) is 2.28. The fourth-order valence-electron chi connectivity index (χ4n) is 4.17. The maximum Gasteiger partial charge on any atom is 0.115 e. The van der Waals surface area contributed by atoms with Gasteiger partial charge in [-0.1, -0.05) is 117 Å². The summed E-state index contributed by atoms with van der Waals surface area (Å²) in [5.41, 5.74) is 3.81. The molecule has 166 valence electrons. The Morgan fingerprint density at radius 3 is 1.75 bits per heavy atom. The summed E-state index contributed by atoms with van der Waals surface area (Å²) in [5, 5.41) is 9.61. The molecule has 0 aliphatic rings. The van der Waals surface area contributed by atoms with Crippen LogP contribution in [0.3, 0.4) is 0 Å². The van der Waals surface area contributed by atoms with Gasteiger partial charge in [-0.3, -0.25) is 0 Å². The van der Waals surface area contributed by atoms with Gasteiger partial charge in [-0.25, -0.2) is 0 Å². The summed E-state index contributed by atoms with van der Waals surface area (Å²) in [5.74, 6) is 1.45. The lowest BCUT2D eigenvalue weighted by atomic mass is 9.89. The van der Waals surface area contributed by atoms with E-state index in [4.69, 9.17) is 0 Å². The zero-order valence-electron chi connectivity index (χ0n) is 19.2. The van der Waals surface area contributed by atoms with Crippen LogP contribution in [-0.2, 0) is 6.42 Å². The zero-order chi connectivity index (χ0) is 22.4. The number of allylic oxidation sites excluding steroid dienone is 2. The molecular formula is C31H36O. The van der Waals surface area contributed by atoms with Crippen LogP contribution in [0.5, 0.6) is 5.75 Å². The number of hydrogen-bond acceptors (Lipinski definition) is 1. The molecule has 0 heterocycles. The quantitative estimate of drug-likeness (QED) is 0.309. The zero-order valence-corrected chi connectivity index (χ0v) is 19.2. The predicted octanol–water partition coefficient (Wildman–Crippen LogP) is 8.56. The molecule has 1 N–H and O–H groups in total. The van der Waals surface area contributed by atoms with Crippen LogP contribution in [0.25, 0.3) is 12.2 Å². The van der Waals surface area contributed by atoms with E-state index in [1.807, 2.05) is 12.1 Å². The highest BCUT2D eigenvalue weighted by Gasteiger charge is 2.10. The van der Waals surface area contributed by atoms with Gasteiger partial charge in [0.2, 0.25) is 0 Å². The predicted molar refractivity (Wildman–Crippen MR) is 139 cm³/mol. The second-order valence-corrected chi connectivity index (χ2v) is 8.65. The van der Waals surface area contributed by atoms with E-state index in [-0.39, 0.29) is 0 Å². The molecule has 2 unspecified atom stereocenters. The molecule has 3 rings (SSSR count). The molecule has 32 heavy (non-hydrogen) atoms. The summed E-state index contributed by atoms with van der Waals surface area (Å²) in [6, 6.07) is 28.8. The fraction of sp³-hybridized carbons (Fsp3) is 0.290. The van der Waals surface area contributed by atoms with E-state index in [0.29, 0.717) is 17.6 Å². The average Bonchev–Trinajstić information content (AvgIpc) is 2.83. The number of phenolic OH excluding ortho intramolecular Hbond substituents is 1. The van der Waals surface area contributed by atoms with Gasteiger partial charge in [0.1, 0.15) is 5.75 Å². The molecule has 0 bridgehead atoms. The lowest BCUT2D eigenvalue weighted by Crippen LogP contribution is -2.04. The van der Waals surface area contributed by atoms with Crippen LogP contribution in [0.1, 0.15) is 55.7 Å². The third-order valence-electron chi connectivity index (χ3n) is 5.96. The summed E-state index contributed by atoms with van der Waals surface area (Å²) in [6.07, 6.45) is 16.4. The van der Waals surface area contributed by atoms with Gasteiger partial charge >= 0.3 is 0 Å². The van der Waals surface area contributed by atoms with Crippen molar-refractivity contribution in [3.05, 3.63) is 114 Å². The molecule has 0 aliphatic carbocycles. The highest BCUT2D eigenvalue weighted by Crippen LogP contribution is 2.24. The van der Waals surface area contributed by atoms with Gasteiger partial charge in [0.15, 0.2) is 0 Å². The standard InChI is InChI=1S/C31H36O/c1-2-10-26(17-18-27-11-5-3-6-12-27)15-9-16-29(20-19-28-13-7-4-8-14-28)25-30-21-23-31(32)24-22-30/h3-8,11-14,17-24,26,29,32H,2,9-10,15-16,25H2,1H3. The molecule has 0 aromatic heterocycles. The molecule has 1 nitrogen and oxygen atoms in total. The van der Waals surface area contributed by atoms with Gasteiger partial charge in [0.25, 0.3) is 0 Å². The van der Waals surface area contributed by atoms with Crippen molar-refractivity contribution in [2.75, 3.05) is 0 Å². The van der Waals surface area contributed by atoms with Crippen LogP contribution in [0.4, 0.5) is 0 Å². The first-order chi connectivity index (χ1) is 15.7. The topological polar surface area (TPSA) is 20.2 Å². The van der Waals surface area contributed by atoms with Gasteiger partial charge in [-0.2, -0.15) is 0 Å². The summed E-state index contributed by atoms with van der Waals surface area (Å²) in [4.78, 5) is 0. The van der Waals surface area contributed by atoms with Crippen molar-refractivity contribution in [3.63, 3.8) is 0 Å². The van der Waals surface area contributed by atoms with Crippen LogP contribution in [0, 0.1) is 11.8 Å². The molecule has 3 aromatic rings. The van der Waals surface area contributed by atoms with Crippen molar-refractivity contribution in [2.24, 2.45) is 11.8 Å². The van der Waals surface area contributed by atoms with Crippen molar-refractivity contribution in [3.8, 4) is 5.75 Å². The normalized spacial score (nSPS) is 13.5. The van der Waals surface area contributed by atoms with Crippen molar-refractivity contribution in [2.45, 2.75) is 45.4 Å². The Kier molecular flexibility index (Phi) is 9.86. The van der Waals surface area contributed by atoms with Gasteiger partial charge in [-0.05, 0) is 66.3 Å². The third-order valence-corrected chi connectivity index (χ3v) is 5.96. The molecular weight excluding hydrogens is 388 g/mol. The summed E-state index contributed by atoms with van der Waals surface area (Å²) >= 11 is 0. The maximum absolute atomic E-state index is 9.61. The third kappa shape index (κ3) is 8.59. The Hall–Kier alpha value is -3.06. The fourth-order valence-corrected chi connectivity index (χ4v) is 4.17. The van der Waals surface area contributed by atoms with Crippen LogP contribution >= 0.6 is 0 Å². The Morgan fingerprint density at radius 2 is 1.19 bits per heavy atom. The van der Waals surface area contributed by atoms with Crippen molar-refractivity contribution in [1.29, 1.82) is 0 Å². The molecule has 1 heteroatoms. The van der Waals surface area contributed by atoms with E-state index in [1.54, 1.807) is 12.1 Å². The minimum atomic E-state index is 0.331. The Morgan fingerprint density at radius 1 is 0.656 bits per heavy atom. The van der Waals surface area contributed by atoms with E-state index < -0.39 is 0 Å². The lowest BCUT2D eigenvalue weighted by molar-refractivity contribution is 0.466. The van der Waals surface area contributed by atoms with Gasteiger partial charge < -0.3 is 5.11 Å². The van der Waals surface area contributed by atoms with Gasteiger partial charge in [0, 0.05) is 0 Å². The Labute approximate surface area is 194 Å². The molecule has 0 aliphatic heterocycles. The van der Waals surface area contributed by atoms with Crippen LogP contribution in [0.15, 0.2) is 97.1 Å². The van der Waals surface area contributed by atoms with E-state index >= 15 is 0 Å². The highest BCUT2D eigenvalue weighted by atomic mass is 16.3. The Bertz CT molecular complexity index is 939. The first-order valence-corrected chi connectivity index (χ1v) is 12.0. The second-order valence-electron chi connectivity index (χ2n) is 8.65. The van der Waals surface area contributed by atoms with Crippen molar-refractivity contribution < 1.29 is 5.11 Å². The number of aromatic hydroxyl groups is 1. The van der Waals surface area contributed by atoms with Crippen molar-refractivity contribution >= 4 is 12.2 Å². The van der Waals surface area contributed by atoms with E-state index in [0.717, 1.165) is 6.42 Å². The van der Waals surface area contributed by atoms with Gasteiger partial charge in [-0.15, -0.1) is 0 Å². The van der Waals surface area contributed by atoms with Gasteiger partial charge in [0.05, 0.1) is 0 Å². The number of benzene rings is 3. The Balaban J connectivity index is 1.61. The minimum Gasteiger partial charge on any atom is -0.508 e.